The van der Waals surface area contributed by atoms with Crippen LogP contribution in [0.1, 0.15) is 48.6 Å². The van der Waals surface area contributed by atoms with Gasteiger partial charge in [0.2, 0.25) is 0 Å². The molecule has 0 heterocycles. The number of hydrogen-bond acceptors (Lipinski definition) is 4. The van der Waals surface area contributed by atoms with Gasteiger partial charge in [0.15, 0.2) is 6.10 Å². The molecule has 1 aliphatic carbocycles. The molecule has 2 N–H and O–H groups in total. The molecular weight excluding hydrogens is 520 g/mol. The Balaban J connectivity index is 1.38. The number of halogens is 1. The summed E-state index contributed by atoms with van der Waals surface area (Å²) in [7, 11) is 0. The van der Waals surface area contributed by atoms with E-state index in [4.69, 9.17) is 26.8 Å². The summed E-state index contributed by atoms with van der Waals surface area (Å²) in [6, 6.07) is 32.0. The van der Waals surface area contributed by atoms with E-state index in [1.54, 1.807) is 4.90 Å². The zero-order chi connectivity index (χ0) is 27.9. The third-order valence-corrected chi connectivity index (χ3v) is 7.79. The zero-order valence-electron chi connectivity index (χ0n) is 22.8. The number of carbonyl (C=O) groups excluding carboxylic acids is 1. The van der Waals surface area contributed by atoms with Gasteiger partial charge in [-0.05, 0) is 54.6 Å². The molecule has 4 aromatic rings. The smallest absolute Gasteiger partial charge is 0.411 e. The number of unbranched alkanes of at least 4 members (excludes halogenated alkanes) is 1. The molecule has 1 atom stereocenters. The van der Waals surface area contributed by atoms with Crippen LogP contribution in [0.5, 0.6) is 0 Å². The van der Waals surface area contributed by atoms with Gasteiger partial charge in [0.05, 0.1) is 12.6 Å². The van der Waals surface area contributed by atoms with Crippen LogP contribution in [0, 0.1) is 0 Å². The van der Waals surface area contributed by atoms with Crippen molar-refractivity contribution < 1.29 is 14.3 Å². The van der Waals surface area contributed by atoms with Crippen molar-refractivity contribution >= 4 is 17.7 Å². The molecule has 1 amide bonds. The molecule has 206 valence electrons. The maximum atomic E-state index is 13.9. The molecule has 1 aliphatic rings. The average Bonchev–Trinajstić information content (AvgIpc) is 3.30. The Labute approximate surface area is 241 Å². The van der Waals surface area contributed by atoms with Crippen molar-refractivity contribution in [2.75, 3.05) is 26.3 Å². The topological polar surface area (TPSA) is 64.8 Å². The minimum absolute atomic E-state index is 0.283. The fraction of sp³-hybridized carbons (Fsp3) is 0.265. The first-order valence-corrected chi connectivity index (χ1v) is 14.2. The van der Waals surface area contributed by atoms with Gasteiger partial charge in [0, 0.05) is 34.9 Å². The summed E-state index contributed by atoms with van der Waals surface area (Å²) < 4.78 is 12.1. The number of ether oxygens (including phenoxy) is 2. The lowest BCUT2D eigenvalue weighted by Gasteiger charge is -2.30. The summed E-state index contributed by atoms with van der Waals surface area (Å²) in [6.07, 6.45) is 0.944. The first-order chi connectivity index (χ1) is 19.6. The molecule has 0 saturated carbocycles. The molecule has 40 heavy (non-hydrogen) atoms. The van der Waals surface area contributed by atoms with E-state index in [1.165, 1.54) is 0 Å². The Morgan fingerprint density at radius 3 is 2.15 bits per heavy atom. The van der Waals surface area contributed by atoms with E-state index in [0.29, 0.717) is 31.3 Å². The number of rotatable bonds is 11. The van der Waals surface area contributed by atoms with E-state index in [-0.39, 0.29) is 6.04 Å². The monoisotopic (exact) mass is 554 g/mol. The fourth-order valence-electron chi connectivity index (χ4n) is 5.28. The molecule has 6 heteroatoms. The highest BCUT2D eigenvalue weighted by atomic mass is 35.5. The lowest BCUT2D eigenvalue weighted by atomic mass is 10.0. The summed E-state index contributed by atoms with van der Waals surface area (Å²) in [5.41, 5.74) is 12.7. The summed E-state index contributed by atoms with van der Waals surface area (Å²) in [4.78, 5) is 15.6. The van der Waals surface area contributed by atoms with E-state index >= 15 is 0 Å². The Hall–Kier alpha value is -3.64. The maximum Gasteiger partial charge on any atom is 0.411 e. The lowest BCUT2D eigenvalue weighted by molar-refractivity contribution is 0.0472. The van der Waals surface area contributed by atoms with Gasteiger partial charge in [0.25, 0.3) is 0 Å². The lowest BCUT2D eigenvalue weighted by Crippen LogP contribution is -2.37. The number of nitrogens with two attached hydrogens (primary N) is 1. The van der Waals surface area contributed by atoms with Gasteiger partial charge < -0.3 is 15.2 Å². The summed E-state index contributed by atoms with van der Waals surface area (Å²) in [5.74, 6) is 0. The second-order valence-electron chi connectivity index (χ2n) is 10.0. The van der Waals surface area contributed by atoms with E-state index in [1.807, 2.05) is 91.9 Å². The molecule has 0 bridgehead atoms. The van der Waals surface area contributed by atoms with Gasteiger partial charge in [-0.25, -0.2) is 4.79 Å². The molecule has 0 aliphatic heterocycles. The van der Waals surface area contributed by atoms with Gasteiger partial charge in [-0.1, -0.05) is 103 Å². The molecule has 0 spiro atoms. The van der Waals surface area contributed by atoms with Crippen LogP contribution in [0.25, 0.3) is 22.3 Å². The Kier molecular flexibility index (Phi) is 9.17. The van der Waals surface area contributed by atoms with Crippen LogP contribution >= 0.6 is 11.6 Å². The Bertz CT molecular complexity index is 1400. The van der Waals surface area contributed by atoms with Gasteiger partial charge in [-0.3, -0.25) is 4.90 Å². The van der Waals surface area contributed by atoms with E-state index in [2.05, 4.69) is 12.1 Å². The molecule has 5 rings (SSSR count). The van der Waals surface area contributed by atoms with E-state index in [0.717, 1.165) is 51.8 Å². The van der Waals surface area contributed by atoms with Gasteiger partial charge in [-0.2, -0.15) is 0 Å². The van der Waals surface area contributed by atoms with Gasteiger partial charge >= 0.3 is 6.09 Å². The summed E-state index contributed by atoms with van der Waals surface area (Å²) >= 11 is 6.75. The molecular formula is C34H35ClN2O3. The van der Waals surface area contributed by atoms with E-state index < -0.39 is 12.2 Å². The average molecular weight is 555 g/mol. The largest absolute Gasteiger partial charge is 0.436 e. The minimum atomic E-state index is -0.468. The van der Waals surface area contributed by atoms with Crippen LogP contribution in [-0.4, -0.2) is 37.3 Å². The predicted octanol–water partition coefficient (Wildman–Crippen LogP) is 8.03. The van der Waals surface area contributed by atoms with Crippen LogP contribution in [-0.2, 0) is 9.47 Å². The van der Waals surface area contributed by atoms with Crippen LogP contribution in [0.3, 0.4) is 0 Å². The van der Waals surface area contributed by atoms with Crippen LogP contribution in [0.15, 0.2) is 97.1 Å². The number of carbonyl (C=O) groups is 1. The summed E-state index contributed by atoms with van der Waals surface area (Å²) in [6.45, 7) is 4.03. The van der Waals surface area contributed by atoms with Crippen molar-refractivity contribution in [2.24, 2.45) is 5.73 Å². The number of fused-ring (bicyclic) bond motifs is 3. The van der Waals surface area contributed by atoms with Crippen molar-refractivity contribution in [1.29, 1.82) is 0 Å². The SMILES string of the molecule is CC(c1ccc(-c2ccccc2)c(Cl)c1)N(CCOCCCCN)C(=O)OC1c2ccccc2-c2ccccc21. The molecule has 5 nitrogen and oxygen atoms in total. The van der Waals surface area contributed by atoms with Crippen molar-refractivity contribution in [1.82, 2.24) is 4.90 Å². The highest BCUT2D eigenvalue weighted by Gasteiger charge is 2.33. The normalized spacial score (nSPS) is 13.0. The minimum Gasteiger partial charge on any atom is -0.436 e. The zero-order valence-corrected chi connectivity index (χ0v) is 23.5. The number of benzene rings is 4. The fourth-order valence-corrected chi connectivity index (χ4v) is 5.58. The van der Waals surface area contributed by atoms with Gasteiger partial charge in [0.1, 0.15) is 0 Å². The third-order valence-electron chi connectivity index (χ3n) is 7.48. The second-order valence-corrected chi connectivity index (χ2v) is 10.4. The first-order valence-electron chi connectivity index (χ1n) is 13.9. The van der Waals surface area contributed by atoms with Crippen LogP contribution < -0.4 is 5.73 Å². The summed E-state index contributed by atoms with van der Waals surface area (Å²) in [5, 5.41) is 0.639. The number of amides is 1. The van der Waals surface area contributed by atoms with Crippen molar-refractivity contribution in [2.45, 2.75) is 31.9 Å². The standard InChI is InChI=1S/C34H35ClN2O3/c1-24(26-17-18-27(32(35)23-26)25-11-3-2-4-12-25)37(20-22-39-21-10-9-19-36)34(38)40-33-30-15-7-5-13-28(30)29-14-6-8-16-31(29)33/h2-8,11-18,23-24,33H,9-10,19-22,36H2,1H3. The van der Waals surface area contributed by atoms with Crippen molar-refractivity contribution in [3.8, 4) is 22.3 Å². The van der Waals surface area contributed by atoms with Gasteiger partial charge in [-0.15, -0.1) is 0 Å². The Morgan fingerprint density at radius 1 is 0.850 bits per heavy atom. The molecule has 0 fully saturated rings. The van der Waals surface area contributed by atoms with Crippen molar-refractivity contribution in [3.05, 3.63) is 119 Å². The molecule has 0 saturated heterocycles. The van der Waals surface area contributed by atoms with Crippen LogP contribution in [0.4, 0.5) is 4.79 Å². The highest BCUT2D eigenvalue weighted by Crippen LogP contribution is 2.45. The first kappa shape index (κ1) is 27.9. The molecule has 0 radical (unpaired) electrons. The number of nitrogens with zero attached hydrogens (tertiary/aromatic N) is 1. The predicted molar refractivity (Wildman–Crippen MR) is 161 cm³/mol. The number of hydrogen-bond donors (Lipinski definition) is 1. The molecule has 1 unspecified atom stereocenters. The van der Waals surface area contributed by atoms with E-state index in [9.17, 15) is 4.79 Å². The molecule has 0 aromatic heterocycles. The van der Waals surface area contributed by atoms with Crippen LogP contribution in [0.2, 0.25) is 5.02 Å². The van der Waals surface area contributed by atoms with Crippen molar-refractivity contribution in [3.63, 3.8) is 0 Å². The Morgan fingerprint density at radius 2 is 1.50 bits per heavy atom. The highest BCUT2D eigenvalue weighted by molar-refractivity contribution is 6.33. The molecule has 4 aromatic carbocycles. The maximum absolute atomic E-state index is 13.9. The third kappa shape index (κ3) is 6.07. The second kappa shape index (κ2) is 13.1. The quantitative estimate of drug-likeness (QED) is 0.191.